The van der Waals surface area contributed by atoms with Crippen molar-refractivity contribution in [2.75, 3.05) is 6.54 Å². The van der Waals surface area contributed by atoms with Gasteiger partial charge in [0.05, 0.1) is 5.60 Å². The molecule has 1 aromatic rings. The molecule has 4 heteroatoms. The molecule has 0 bridgehead atoms. The molecule has 1 aliphatic rings. The summed E-state index contributed by atoms with van der Waals surface area (Å²) < 4.78 is 0. The van der Waals surface area contributed by atoms with Gasteiger partial charge < -0.3 is 10.4 Å². The zero-order valence-electron chi connectivity index (χ0n) is 12.0. The molecule has 1 aromatic carbocycles. The second-order valence-electron chi connectivity index (χ2n) is 5.92. The number of hydrogen-bond donors (Lipinski definition) is 2. The molecule has 0 saturated heterocycles. The number of nitrogens with one attached hydrogen (secondary N) is 1. The lowest BCUT2D eigenvalue weighted by Crippen LogP contribution is -2.43. The summed E-state index contributed by atoms with van der Waals surface area (Å²) in [6.07, 6.45) is 5.27. The Labute approximate surface area is 131 Å². The molecule has 1 saturated carbocycles. The molecule has 2 N–H and O–H groups in total. The van der Waals surface area contributed by atoms with Crippen LogP contribution in [0, 0.1) is 5.92 Å². The van der Waals surface area contributed by atoms with Gasteiger partial charge in [-0.25, -0.2) is 0 Å². The van der Waals surface area contributed by atoms with Crippen molar-refractivity contribution in [3.63, 3.8) is 0 Å². The topological polar surface area (TPSA) is 32.3 Å². The van der Waals surface area contributed by atoms with Crippen LogP contribution in [0.3, 0.4) is 0 Å². The van der Waals surface area contributed by atoms with Crippen LogP contribution in [0.15, 0.2) is 18.2 Å². The minimum atomic E-state index is -0.559. The van der Waals surface area contributed by atoms with Gasteiger partial charge >= 0.3 is 0 Å². The lowest BCUT2D eigenvalue weighted by molar-refractivity contribution is -0.00880. The average Bonchev–Trinajstić information content (AvgIpc) is 2.43. The van der Waals surface area contributed by atoms with E-state index in [0.717, 1.165) is 37.2 Å². The van der Waals surface area contributed by atoms with Crippen LogP contribution in [0.2, 0.25) is 10.0 Å². The third kappa shape index (κ3) is 4.36. The fraction of sp³-hybridized carbons (Fsp3) is 0.625. The highest BCUT2D eigenvalue weighted by Crippen LogP contribution is 2.33. The second-order valence-corrected chi connectivity index (χ2v) is 6.76. The highest BCUT2D eigenvalue weighted by atomic mass is 35.5. The molecular weight excluding hydrogens is 293 g/mol. The van der Waals surface area contributed by atoms with Crippen molar-refractivity contribution >= 4 is 23.2 Å². The Morgan fingerprint density at radius 1 is 1.30 bits per heavy atom. The maximum Gasteiger partial charge on any atom is 0.0771 e. The van der Waals surface area contributed by atoms with E-state index in [1.165, 1.54) is 6.42 Å². The molecule has 0 heterocycles. The van der Waals surface area contributed by atoms with Crippen molar-refractivity contribution in [2.24, 2.45) is 5.92 Å². The average molecular weight is 316 g/mol. The first-order valence-corrected chi connectivity index (χ1v) is 8.15. The van der Waals surface area contributed by atoms with Gasteiger partial charge in [0.25, 0.3) is 0 Å². The monoisotopic (exact) mass is 315 g/mol. The lowest BCUT2D eigenvalue weighted by atomic mass is 9.78. The summed E-state index contributed by atoms with van der Waals surface area (Å²) in [7, 11) is 0. The van der Waals surface area contributed by atoms with Gasteiger partial charge in [0.1, 0.15) is 0 Å². The van der Waals surface area contributed by atoms with Gasteiger partial charge in [-0.3, -0.25) is 0 Å². The molecule has 2 nitrogen and oxygen atoms in total. The van der Waals surface area contributed by atoms with Crippen LogP contribution in [-0.2, 0) is 6.54 Å². The number of aliphatic hydroxyl groups is 1. The van der Waals surface area contributed by atoms with Crippen LogP contribution < -0.4 is 5.32 Å². The van der Waals surface area contributed by atoms with Gasteiger partial charge in [-0.1, -0.05) is 36.5 Å². The summed E-state index contributed by atoms with van der Waals surface area (Å²) >= 11 is 12.1. The van der Waals surface area contributed by atoms with Gasteiger partial charge in [-0.15, -0.1) is 0 Å². The minimum absolute atomic E-state index is 0.559. The predicted octanol–water partition coefficient (Wildman–Crippen LogP) is 4.41. The van der Waals surface area contributed by atoms with E-state index in [4.69, 9.17) is 23.2 Å². The van der Waals surface area contributed by atoms with Gasteiger partial charge in [0.2, 0.25) is 0 Å². The van der Waals surface area contributed by atoms with E-state index in [1.54, 1.807) is 6.07 Å². The zero-order chi connectivity index (χ0) is 14.6. The van der Waals surface area contributed by atoms with Crippen LogP contribution in [0.1, 0.15) is 44.6 Å². The molecule has 0 amide bonds. The highest BCUT2D eigenvalue weighted by molar-refractivity contribution is 6.33. The van der Waals surface area contributed by atoms with Crippen LogP contribution >= 0.6 is 23.2 Å². The Morgan fingerprint density at radius 2 is 2.00 bits per heavy atom. The van der Waals surface area contributed by atoms with Crippen LogP contribution in [0.25, 0.3) is 0 Å². The zero-order valence-corrected chi connectivity index (χ0v) is 13.5. The molecule has 0 spiro atoms. The summed E-state index contributed by atoms with van der Waals surface area (Å²) in [5.41, 5.74) is 0.418. The third-order valence-corrected chi connectivity index (χ3v) is 4.99. The van der Waals surface area contributed by atoms with Crippen molar-refractivity contribution in [3.8, 4) is 0 Å². The largest absolute Gasteiger partial charge is 0.389 e. The van der Waals surface area contributed by atoms with Gasteiger partial charge in [-0.05, 0) is 55.4 Å². The molecule has 2 rings (SSSR count). The standard InChI is InChI=1S/C16H23Cl2NO/c1-2-12-5-7-16(20,8-6-12)11-19-10-13-9-14(17)3-4-15(13)18/h3-4,9,12,19-20H,2,5-8,10-11H2,1H3. The van der Waals surface area contributed by atoms with Gasteiger partial charge in [-0.2, -0.15) is 0 Å². The van der Waals surface area contributed by atoms with Crippen LogP contribution in [-0.4, -0.2) is 17.3 Å². The lowest BCUT2D eigenvalue weighted by Gasteiger charge is -2.36. The molecule has 0 unspecified atom stereocenters. The normalized spacial score (nSPS) is 26.7. The van der Waals surface area contributed by atoms with E-state index in [2.05, 4.69) is 12.2 Å². The van der Waals surface area contributed by atoms with Gasteiger partial charge in [0, 0.05) is 23.1 Å². The molecule has 1 aliphatic carbocycles. The summed E-state index contributed by atoms with van der Waals surface area (Å²) in [5, 5.41) is 15.3. The van der Waals surface area contributed by atoms with E-state index in [-0.39, 0.29) is 0 Å². The molecule has 1 fully saturated rings. The van der Waals surface area contributed by atoms with E-state index >= 15 is 0 Å². The van der Waals surface area contributed by atoms with Crippen LogP contribution in [0.5, 0.6) is 0 Å². The fourth-order valence-corrected chi connectivity index (χ4v) is 3.29. The van der Waals surface area contributed by atoms with E-state index in [9.17, 15) is 5.11 Å². The summed E-state index contributed by atoms with van der Waals surface area (Å²) in [4.78, 5) is 0. The molecule has 20 heavy (non-hydrogen) atoms. The smallest absolute Gasteiger partial charge is 0.0771 e. The fourth-order valence-electron chi connectivity index (χ4n) is 2.91. The Bertz CT molecular complexity index is 442. The molecule has 112 valence electrons. The maximum absolute atomic E-state index is 10.6. The number of benzene rings is 1. The first-order chi connectivity index (χ1) is 9.52. The van der Waals surface area contributed by atoms with Gasteiger partial charge in [0.15, 0.2) is 0 Å². The minimum Gasteiger partial charge on any atom is -0.389 e. The van der Waals surface area contributed by atoms with E-state index in [1.807, 2.05) is 12.1 Å². The van der Waals surface area contributed by atoms with Crippen molar-refractivity contribution in [3.05, 3.63) is 33.8 Å². The third-order valence-electron chi connectivity index (χ3n) is 4.39. The highest BCUT2D eigenvalue weighted by Gasteiger charge is 2.32. The van der Waals surface area contributed by atoms with E-state index in [0.29, 0.717) is 23.1 Å². The first kappa shape index (κ1) is 16.1. The number of halogens is 2. The van der Waals surface area contributed by atoms with E-state index < -0.39 is 5.60 Å². The predicted molar refractivity (Wildman–Crippen MR) is 85.4 cm³/mol. The SMILES string of the molecule is CCC1CCC(O)(CNCc2cc(Cl)ccc2Cl)CC1. The molecule has 0 aliphatic heterocycles. The summed E-state index contributed by atoms with van der Waals surface area (Å²) in [5.74, 6) is 0.789. The second kappa shape index (κ2) is 7.13. The summed E-state index contributed by atoms with van der Waals surface area (Å²) in [6, 6.07) is 5.46. The van der Waals surface area contributed by atoms with Crippen molar-refractivity contribution in [2.45, 2.75) is 51.2 Å². The molecule has 0 atom stereocenters. The summed E-state index contributed by atoms with van der Waals surface area (Å²) in [6.45, 7) is 3.49. The number of rotatable bonds is 5. The molecule has 0 radical (unpaired) electrons. The Hall–Kier alpha value is -0.280. The Kier molecular flexibility index (Phi) is 5.74. The molecular formula is C16H23Cl2NO. The maximum atomic E-state index is 10.6. The van der Waals surface area contributed by atoms with Crippen LogP contribution in [0.4, 0.5) is 0 Å². The van der Waals surface area contributed by atoms with Crippen molar-refractivity contribution < 1.29 is 5.11 Å². The Balaban J connectivity index is 1.82. The number of hydrogen-bond acceptors (Lipinski definition) is 2. The van der Waals surface area contributed by atoms with Crippen molar-refractivity contribution in [1.29, 1.82) is 0 Å². The first-order valence-electron chi connectivity index (χ1n) is 7.39. The Morgan fingerprint density at radius 3 is 2.65 bits per heavy atom. The van der Waals surface area contributed by atoms with Crippen molar-refractivity contribution in [1.82, 2.24) is 5.32 Å². The quantitative estimate of drug-likeness (QED) is 0.843. The molecule has 0 aromatic heterocycles.